The van der Waals surface area contributed by atoms with Crippen LogP contribution in [0.1, 0.15) is 53.6 Å². The minimum Gasteiger partial charge on any atom is -0.478 e. The predicted octanol–water partition coefficient (Wildman–Crippen LogP) is 5.21. The van der Waals surface area contributed by atoms with Crippen LogP contribution in [-0.2, 0) is 14.8 Å². The fourth-order valence-electron chi connectivity index (χ4n) is 3.84. The molecule has 8 nitrogen and oxygen atoms in total. The fourth-order valence-corrected chi connectivity index (χ4v) is 5.07. The van der Waals surface area contributed by atoms with Gasteiger partial charge >= 0.3 is 18.1 Å². The van der Waals surface area contributed by atoms with Gasteiger partial charge in [0, 0.05) is 18.8 Å². The van der Waals surface area contributed by atoms with Crippen molar-refractivity contribution in [3.05, 3.63) is 53.1 Å². The van der Waals surface area contributed by atoms with Gasteiger partial charge in [-0.05, 0) is 68.1 Å². The van der Waals surface area contributed by atoms with Crippen molar-refractivity contribution < 1.29 is 41.4 Å². The first-order chi connectivity index (χ1) is 16.7. The Morgan fingerprint density at radius 2 is 1.39 bits per heavy atom. The van der Waals surface area contributed by atoms with E-state index < -0.39 is 28.1 Å². The van der Waals surface area contributed by atoms with Crippen LogP contribution in [0.4, 0.5) is 24.5 Å². The largest absolute Gasteiger partial charge is 0.490 e. The van der Waals surface area contributed by atoms with E-state index in [0.29, 0.717) is 5.69 Å². The van der Waals surface area contributed by atoms with Gasteiger partial charge in [0.05, 0.1) is 16.1 Å². The Kier molecular flexibility index (Phi) is 9.74. The van der Waals surface area contributed by atoms with E-state index in [1.807, 2.05) is 19.9 Å². The van der Waals surface area contributed by atoms with Crippen LogP contribution in [0, 0.1) is 13.8 Å². The highest BCUT2D eigenvalue weighted by Gasteiger charge is 2.38. The van der Waals surface area contributed by atoms with E-state index in [4.69, 9.17) is 9.90 Å². The van der Waals surface area contributed by atoms with Crippen molar-refractivity contribution >= 4 is 33.3 Å². The Labute approximate surface area is 207 Å². The number of rotatable bonds is 5. The lowest BCUT2D eigenvalue weighted by molar-refractivity contribution is -0.192. The molecule has 3 N–H and O–H groups in total. The number of nitrogens with one attached hydrogen (secondary N) is 1. The van der Waals surface area contributed by atoms with Crippen LogP contribution in [0.5, 0.6) is 0 Å². The van der Waals surface area contributed by atoms with Gasteiger partial charge < -0.3 is 15.1 Å². The Hall–Kier alpha value is -3.28. The van der Waals surface area contributed by atoms with Gasteiger partial charge in [0.1, 0.15) is 0 Å². The van der Waals surface area contributed by atoms with Crippen molar-refractivity contribution in [2.45, 2.75) is 57.0 Å². The molecule has 0 spiro atoms. The molecule has 1 fully saturated rings. The summed E-state index contributed by atoms with van der Waals surface area (Å²) in [6.07, 6.45) is 0.485. The van der Waals surface area contributed by atoms with Gasteiger partial charge in [0.25, 0.3) is 10.0 Å². The van der Waals surface area contributed by atoms with E-state index in [-0.39, 0.29) is 16.1 Å². The number of anilines is 2. The van der Waals surface area contributed by atoms with Crippen LogP contribution in [0.15, 0.2) is 41.3 Å². The molecule has 12 heteroatoms. The summed E-state index contributed by atoms with van der Waals surface area (Å²) in [5.74, 6) is -3.82. The lowest BCUT2D eigenvalue weighted by Crippen LogP contribution is -2.28. The third kappa shape index (κ3) is 8.43. The lowest BCUT2D eigenvalue weighted by atomic mass is 10.1. The molecule has 0 atom stereocenters. The molecule has 0 aliphatic carbocycles. The molecule has 0 unspecified atom stereocenters. The van der Waals surface area contributed by atoms with E-state index in [1.165, 1.54) is 12.5 Å². The average Bonchev–Trinajstić information content (AvgIpc) is 2.72. The number of aromatic carboxylic acids is 1. The van der Waals surface area contributed by atoms with Crippen molar-refractivity contribution in [2.24, 2.45) is 0 Å². The number of hydrogen-bond donors (Lipinski definition) is 3. The molecule has 0 saturated carbocycles. The van der Waals surface area contributed by atoms with Gasteiger partial charge in [0.15, 0.2) is 0 Å². The highest BCUT2D eigenvalue weighted by atomic mass is 32.2. The lowest BCUT2D eigenvalue weighted by Gasteiger charge is -2.28. The summed E-state index contributed by atoms with van der Waals surface area (Å²) in [6, 6.07) is 9.87. The molecule has 0 bridgehead atoms. The zero-order valence-corrected chi connectivity index (χ0v) is 20.7. The highest BCUT2D eigenvalue weighted by Crippen LogP contribution is 2.28. The molecule has 1 saturated heterocycles. The third-order valence-corrected chi connectivity index (χ3v) is 6.78. The zero-order chi connectivity index (χ0) is 27.1. The van der Waals surface area contributed by atoms with Gasteiger partial charge in [-0.15, -0.1) is 0 Å². The van der Waals surface area contributed by atoms with Crippen LogP contribution in [0.25, 0.3) is 0 Å². The summed E-state index contributed by atoms with van der Waals surface area (Å²) in [5, 5.41) is 16.9. The SMILES string of the molecule is Cc1cc(C)cc(S(=O)(=O)Nc2ccc(N3CCCCCCC3)c(C(=O)O)c2)c1.O=C(O)C(F)(F)F. The van der Waals surface area contributed by atoms with Crippen LogP contribution < -0.4 is 9.62 Å². The summed E-state index contributed by atoms with van der Waals surface area (Å²) in [7, 11) is -3.81. The van der Waals surface area contributed by atoms with Crippen molar-refractivity contribution in [1.29, 1.82) is 0 Å². The maximum atomic E-state index is 12.8. The molecule has 2 aromatic rings. The van der Waals surface area contributed by atoms with Gasteiger partial charge in [-0.25, -0.2) is 18.0 Å². The third-order valence-electron chi connectivity index (χ3n) is 5.42. The van der Waals surface area contributed by atoms with E-state index in [2.05, 4.69) is 9.62 Å². The van der Waals surface area contributed by atoms with Crippen LogP contribution in [0.3, 0.4) is 0 Å². The molecule has 0 amide bonds. The first kappa shape index (κ1) is 29.0. The first-order valence-corrected chi connectivity index (χ1v) is 12.7. The van der Waals surface area contributed by atoms with E-state index in [0.717, 1.165) is 49.9 Å². The topological polar surface area (TPSA) is 124 Å². The smallest absolute Gasteiger partial charge is 0.478 e. The molecular weight excluding hydrogens is 501 g/mol. The predicted molar refractivity (Wildman–Crippen MR) is 129 cm³/mol. The molecule has 1 heterocycles. The van der Waals surface area contributed by atoms with Crippen LogP contribution in [-0.4, -0.2) is 49.8 Å². The Balaban J connectivity index is 0.000000572. The molecule has 2 aromatic carbocycles. The fraction of sp³-hybridized carbons (Fsp3) is 0.417. The van der Waals surface area contributed by atoms with E-state index in [9.17, 15) is 31.5 Å². The number of sulfonamides is 1. The van der Waals surface area contributed by atoms with E-state index in [1.54, 1.807) is 24.3 Å². The van der Waals surface area contributed by atoms with Gasteiger partial charge in [0.2, 0.25) is 0 Å². The minimum absolute atomic E-state index is 0.117. The molecule has 1 aliphatic rings. The number of carbonyl (C=O) groups is 2. The molecule has 0 aromatic heterocycles. The summed E-state index contributed by atoms with van der Waals surface area (Å²) in [5.41, 5.74) is 2.71. The average molecular weight is 531 g/mol. The number of nitrogens with zero attached hydrogens (tertiary/aromatic N) is 1. The van der Waals surface area contributed by atoms with Crippen molar-refractivity contribution in [3.63, 3.8) is 0 Å². The summed E-state index contributed by atoms with van der Waals surface area (Å²) in [4.78, 5) is 23.1. The molecule has 198 valence electrons. The summed E-state index contributed by atoms with van der Waals surface area (Å²) < 4.78 is 59.8. The second-order valence-electron chi connectivity index (χ2n) is 8.52. The van der Waals surface area contributed by atoms with E-state index >= 15 is 0 Å². The van der Waals surface area contributed by atoms with Crippen molar-refractivity contribution in [1.82, 2.24) is 0 Å². The van der Waals surface area contributed by atoms with Crippen molar-refractivity contribution in [2.75, 3.05) is 22.7 Å². The molecule has 1 aliphatic heterocycles. The monoisotopic (exact) mass is 530 g/mol. The standard InChI is InChI=1S/C22H28N2O4S.C2HF3O2/c1-16-12-17(2)14-19(13-16)29(27,28)23-18-8-9-21(20(15-18)22(25)26)24-10-6-4-3-5-7-11-24;3-2(4,5)1(6)7/h8-9,12-15,23H,3-7,10-11H2,1-2H3,(H,25,26);(H,6,7). The molecule has 0 radical (unpaired) electrons. The van der Waals surface area contributed by atoms with Crippen LogP contribution >= 0.6 is 0 Å². The number of hydrogen-bond acceptors (Lipinski definition) is 5. The number of halogens is 3. The summed E-state index contributed by atoms with van der Waals surface area (Å²) in [6.45, 7) is 5.31. The number of aliphatic carboxylic acids is 1. The Bertz CT molecular complexity index is 1170. The molecular formula is C24H29F3N2O6S. The first-order valence-electron chi connectivity index (χ1n) is 11.2. The second kappa shape index (κ2) is 12.1. The number of carboxylic acid groups (broad SMARTS) is 2. The normalized spacial score (nSPS) is 14.6. The number of alkyl halides is 3. The van der Waals surface area contributed by atoms with Gasteiger partial charge in [-0.3, -0.25) is 4.72 Å². The molecule has 36 heavy (non-hydrogen) atoms. The number of benzene rings is 2. The number of carboxylic acids is 2. The molecule has 3 rings (SSSR count). The number of aryl methyl sites for hydroxylation is 2. The Morgan fingerprint density at radius 1 is 0.889 bits per heavy atom. The summed E-state index contributed by atoms with van der Waals surface area (Å²) >= 11 is 0. The zero-order valence-electron chi connectivity index (χ0n) is 19.9. The maximum Gasteiger partial charge on any atom is 0.490 e. The van der Waals surface area contributed by atoms with Crippen LogP contribution in [0.2, 0.25) is 0 Å². The van der Waals surface area contributed by atoms with Gasteiger partial charge in [-0.1, -0.05) is 25.3 Å². The van der Waals surface area contributed by atoms with Gasteiger partial charge in [-0.2, -0.15) is 13.2 Å². The minimum atomic E-state index is -5.08. The quantitative estimate of drug-likeness (QED) is 0.485. The Morgan fingerprint density at radius 3 is 1.86 bits per heavy atom. The highest BCUT2D eigenvalue weighted by molar-refractivity contribution is 7.92. The second-order valence-corrected chi connectivity index (χ2v) is 10.2. The maximum absolute atomic E-state index is 12.8. The van der Waals surface area contributed by atoms with Crippen molar-refractivity contribution in [3.8, 4) is 0 Å².